The Morgan fingerprint density at radius 2 is 2.11 bits per heavy atom. The van der Waals surface area contributed by atoms with E-state index in [2.05, 4.69) is 15.5 Å². The van der Waals surface area contributed by atoms with E-state index in [-0.39, 0.29) is 11.2 Å². The van der Waals surface area contributed by atoms with Crippen molar-refractivity contribution in [2.24, 2.45) is 10.2 Å². The summed E-state index contributed by atoms with van der Waals surface area (Å²) >= 11 is 1.37. The van der Waals surface area contributed by atoms with Crippen LogP contribution in [0.15, 0.2) is 34.5 Å². The molecule has 1 fully saturated rings. The first-order valence-electron chi connectivity index (χ1n) is 5.41. The first-order chi connectivity index (χ1) is 8.69. The van der Waals surface area contributed by atoms with Crippen molar-refractivity contribution in [3.8, 4) is 5.75 Å². The number of amides is 1. The van der Waals surface area contributed by atoms with E-state index in [4.69, 9.17) is 4.74 Å². The Hall–Kier alpha value is -1.82. The summed E-state index contributed by atoms with van der Waals surface area (Å²) < 4.78 is 5.06. The molecule has 1 N–H and O–H groups in total. The Labute approximate surface area is 109 Å². The van der Waals surface area contributed by atoms with Crippen molar-refractivity contribution >= 4 is 29.1 Å². The molecule has 2 rings (SSSR count). The van der Waals surface area contributed by atoms with Crippen molar-refractivity contribution < 1.29 is 9.53 Å². The number of hydrogen-bond donors (Lipinski definition) is 1. The van der Waals surface area contributed by atoms with Crippen molar-refractivity contribution in [3.63, 3.8) is 0 Å². The van der Waals surface area contributed by atoms with E-state index in [1.165, 1.54) is 11.8 Å². The highest BCUT2D eigenvalue weighted by Crippen LogP contribution is 2.18. The molecule has 1 aromatic rings. The molecule has 5 nitrogen and oxygen atoms in total. The average molecular weight is 263 g/mol. The Morgan fingerprint density at radius 1 is 1.39 bits per heavy atom. The number of amidine groups is 1. The Morgan fingerprint density at radius 3 is 2.67 bits per heavy atom. The molecule has 18 heavy (non-hydrogen) atoms. The third-order valence-corrected chi connectivity index (χ3v) is 3.33. The molecule has 0 bridgehead atoms. The predicted octanol–water partition coefficient (Wildman–Crippen LogP) is 1.64. The number of rotatable bonds is 3. The lowest BCUT2D eigenvalue weighted by molar-refractivity contribution is -0.118. The van der Waals surface area contributed by atoms with Gasteiger partial charge in [0.15, 0.2) is 5.17 Å². The number of benzene rings is 1. The highest BCUT2D eigenvalue weighted by Gasteiger charge is 2.25. The molecule has 0 radical (unpaired) electrons. The molecule has 0 aromatic heterocycles. The van der Waals surface area contributed by atoms with Crippen LogP contribution < -0.4 is 10.1 Å². The zero-order valence-corrected chi connectivity index (χ0v) is 10.9. The van der Waals surface area contributed by atoms with Gasteiger partial charge in [-0.25, -0.2) is 0 Å². The third kappa shape index (κ3) is 3.10. The van der Waals surface area contributed by atoms with Gasteiger partial charge in [-0.3, -0.25) is 4.79 Å². The standard InChI is InChI=1S/C12H13N3O2S/c1-8-11(16)14-12(18-8)15-13-7-9-3-5-10(17-2)6-4-9/h3-8H,1-2H3,(H,14,15,16)/b13-7-/t8-/m1/s1. The van der Waals surface area contributed by atoms with Gasteiger partial charge in [0.1, 0.15) is 5.75 Å². The van der Waals surface area contributed by atoms with Gasteiger partial charge in [0.2, 0.25) is 5.91 Å². The smallest absolute Gasteiger partial charge is 0.239 e. The number of thioether (sulfide) groups is 1. The molecule has 0 spiro atoms. The van der Waals surface area contributed by atoms with Gasteiger partial charge in [-0.05, 0) is 36.8 Å². The fraction of sp³-hybridized carbons (Fsp3) is 0.250. The summed E-state index contributed by atoms with van der Waals surface area (Å²) in [4.78, 5) is 11.2. The van der Waals surface area contributed by atoms with Crippen LogP contribution in [-0.4, -0.2) is 29.6 Å². The summed E-state index contributed by atoms with van der Waals surface area (Å²) in [5, 5.41) is 11.0. The summed E-state index contributed by atoms with van der Waals surface area (Å²) in [7, 11) is 1.62. The minimum absolute atomic E-state index is 0.0293. The van der Waals surface area contributed by atoms with Crippen LogP contribution in [0.3, 0.4) is 0 Å². The zero-order chi connectivity index (χ0) is 13.0. The van der Waals surface area contributed by atoms with Crippen molar-refractivity contribution in [3.05, 3.63) is 29.8 Å². The van der Waals surface area contributed by atoms with E-state index in [0.29, 0.717) is 5.17 Å². The summed E-state index contributed by atoms with van der Waals surface area (Å²) in [6.07, 6.45) is 1.63. The van der Waals surface area contributed by atoms with Crippen LogP contribution in [-0.2, 0) is 4.79 Å². The van der Waals surface area contributed by atoms with Gasteiger partial charge >= 0.3 is 0 Å². The van der Waals surface area contributed by atoms with Gasteiger partial charge in [0.05, 0.1) is 18.6 Å². The monoisotopic (exact) mass is 263 g/mol. The molecule has 1 heterocycles. The molecular weight excluding hydrogens is 250 g/mol. The van der Waals surface area contributed by atoms with E-state index in [0.717, 1.165) is 11.3 Å². The van der Waals surface area contributed by atoms with Crippen molar-refractivity contribution in [1.29, 1.82) is 0 Å². The molecule has 1 aliphatic rings. The molecule has 0 unspecified atom stereocenters. The van der Waals surface area contributed by atoms with E-state index in [1.54, 1.807) is 13.3 Å². The first kappa shape index (κ1) is 12.6. The highest BCUT2D eigenvalue weighted by atomic mass is 32.2. The number of carbonyl (C=O) groups excluding carboxylic acids is 1. The number of hydrogen-bond acceptors (Lipinski definition) is 5. The maximum absolute atomic E-state index is 11.2. The number of methoxy groups -OCH3 is 1. The quantitative estimate of drug-likeness (QED) is 0.666. The second-order valence-electron chi connectivity index (χ2n) is 3.67. The summed E-state index contributed by atoms with van der Waals surface area (Å²) in [5.41, 5.74) is 0.919. The van der Waals surface area contributed by atoms with Gasteiger partial charge < -0.3 is 10.1 Å². The second-order valence-corrected chi connectivity index (χ2v) is 5.00. The largest absolute Gasteiger partial charge is 0.497 e. The van der Waals surface area contributed by atoms with Crippen molar-refractivity contribution in [1.82, 2.24) is 5.32 Å². The molecule has 1 atom stereocenters. The molecule has 0 aliphatic carbocycles. The number of nitrogens with zero attached hydrogens (tertiary/aromatic N) is 2. The summed E-state index contributed by atoms with van der Waals surface area (Å²) in [6, 6.07) is 7.46. The van der Waals surface area contributed by atoms with Crippen molar-refractivity contribution in [2.75, 3.05) is 7.11 Å². The normalized spacial score (nSPS) is 21.6. The number of carbonyl (C=O) groups is 1. The fourth-order valence-electron chi connectivity index (χ4n) is 1.34. The zero-order valence-electron chi connectivity index (χ0n) is 10.1. The second kappa shape index (κ2) is 5.68. The Bertz CT molecular complexity index is 497. The SMILES string of the molecule is COc1ccc(/C=N\N=C2/NC(=O)[C@@H](C)S2)cc1. The van der Waals surface area contributed by atoms with E-state index in [1.807, 2.05) is 31.2 Å². The molecule has 1 amide bonds. The van der Waals surface area contributed by atoms with Gasteiger partial charge in [-0.15, -0.1) is 5.10 Å². The van der Waals surface area contributed by atoms with Crippen LogP contribution in [0.2, 0.25) is 0 Å². The maximum atomic E-state index is 11.2. The Balaban J connectivity index is 1.99. The van der Waals surface area contributed by atoms with E-state index >= 15 is 0 Å². The van der Waals surface area contributed by atoms with Crippen LogP contribution in [0.25, 0.3) is 0 Å². The third-order valence-electron chi connectivity index (χ3n) is 2.36. The molecule has 0 saturated carbocycles. The minimum Gasteiger partial charge on any atom is -0.497 e. The van der Waals surface area contributed by atoms with Crippen LogP contribution >= 0.6 is 11.8 Å². The fourth-order valence-corrected chi connectivity index (χ4v) is 2.10. The van der Waals surface area contributed by atoms with Crippen LogP contribution in [0.4, 0.5) is 0 Å². The number of nitrogens with one attached hydrogen (secondary N) is 1. The minimum atomic E-state index is -0.0973. The molecule has 6 heteroatoms. The summed E-state index contributed by atoms with van der Waals surface area (Å²) in [5.74, 6) is 0.768. The highest BCUT2D eigenvalue weighted by molar-refractivity contribution is 8.15. The van der Waals surface area contributed by atoms with Crippen LogP contribution in [0.1, 0.15) is 12.5 Å². The lowest BCUT2D eigenvalue weighted by Gasteiger charge is -1.98. The first-order valence-corrected chi connectivity index (χ1v) is 6.29. The van der Waals surface area contributed by atoms with Gasteiger partial charge in [-0.1, -0.05) is 11.8 Å². The van der Waals surface area contributed by atoms with Crippen LogP contribution in [0, 0.1) is 0 Å². The van der Waals surface area contributed by atoms with Gasteiger partial charge in [-0.2, -0.15) is 5.10 Å². The van der Waals surface area contributed by atoms with Crippen LogP contribution in [0.5, 0.6) is 5.75 Å². The lowest BCUT2D eigenvalue weighted by Crippen LogP contribution is -2.23. The van der Waals surface area contributed by atoms with Gasteiger partial charge in [0.25, 0.3) is 0 Å². The van der Waals surface area contributed by atoms with Gasteiger partial charge in [0, 0.05) is 0 Å². The lowest BCUT2D eigenvalue weighted by atomic mass is 10.2. The molecule has 1 aromatic carbocycles. The maximum Gasteiger partial charge on any atom is 0.239 e. The predicted molar refractivity (Wildman–Crippen MR) is 73.2 cm³/mol. The molecular formula is C12H13N3O2S. The van der Waals surface area contributed by atoms with E-state index in [9.17, 15) is 4.79 Å². The topological polar surface area (TPSA) is 63.1 Å². The van der Waals surface area contributed by atoms with E-state index < -0.39 is 0 Å². The molecule has 1 saturated heterocycles. The van der Waals surface area contributed by atoms with Crippen molar-refractivity contribution in [2.45, 2.75) is 12.2 Å². The molecule has 94 valence electrons. The molecule has 1 aliphatic heterocycles. The average Bonchev–Trinajstić information content (AvgIpc) is 2.69. The Kier molecular flexibility index (Phi) is 3.99. The summed E-state index contributed by atoms with van der Waals surface area (Å²) in [6.45, 7) is 1.83. The number of ether oxygens (including phenoxy) is 1.